The summed E-state index contributed by atoms with van der Waals surface area (Å²) < 4.78 is 0. The Morgan fingerprint density at radius 2 is 2.12 bits per heavy atom. The van der Waals surface area contributed by atoms with Crippen molar-refractivity contribution in [1.82, 2.24) is 0 Å². The highest BCUT2D eigenvalue weighted by atomic mass is 16.4. The Bertz CT molecular complexity index is 456. The van der Waals surface area contributed by atoms with E-state index in [1.807, 2.05) is 30.3 Å². The van der Waals surface area contributed by atoms with Crippen LogP contribution in [0.3, 0.4) is 0 Å². The maximum Gasteiger partial charge on any atom is 0.208 e. The first-order valence-corrected chi connectivity index (χ1v) is 4.81. The normalized spacial score (nSPS) is 24.6. The number of Topliss-reactive ketones (excluding diaryl/α,β-unsaturated/α-hetero) is 1. The van der Waals surface area contributed by atoms with Crippen LogP contribution in [0.4, 0.5) is 5.69 Å². The van der Waals surface area contributed by atoms with Crippen LogP contribution in [-0.4, -0.2) is 29.0 Å². The maximum atomic E-state index is 11.7. The number of anilines is 1. The number of hydrogen-bond donors (Lipinski definition) is 1. The molecule has 5 nitrogen and oxygen atoms in total. The summed E-state index contributed by atoms with van der Waals surface area (Å²) in [6.45, 7) is 1.65. The molecule has 0 spiro atoms. The second kappa shape index (κ2) is 3.77. The Morgan fingerprint density at radius 3 is 2.75 bits per heavy atom. The third-order valence-electron chi connectivity index (χ3n) is 2.54. The van der Waals surface area contributed by atoms with Crippen molar-refractivity contribution in [3.05, 3.63) is 30.3 Å². The molecule has 0 aromatic heterocycles. The standard InChI is InChI=1S/C11H11N3O2/c1-11(8-13-16)10(15)7-12-14(11)9-5-3-2-4-6-9/h2-8,16H,1H3/b13-8+. The van der Waals surface area contributed by atoms with Crippen molar-refractivity contribution in [3.63, 3.8) is 0 Å². The van der Waals surface area contributed by atoms with E-state index in [9.17, 15) is 4.79 Å². The molecule has 1 aliphatic rings. The Kier molecular flexibility index (Phi) is 2.44. The molecule has 0 saturated heterocycles. The second-order valence-corrected chi connectivity index (χ2v) is 3.65. The number of para-hydroxylation sites is 1. The van der Waals surface area contributed by atoms with Gasteiger partial charge in [0.2, 0.25) is 5.78 Å². The van der Waals surface area contributed by atoms with E-state index in [0.717, 1.165) is 5.69 Å². The van der Waals surface area contributed by atoms with Crippen LogP contribution < -0.4 is 5.01 Å². The molecule has 0 amide bonds. The van der Waals surface area contributed by atoms with Gasteiger partial charge in [0.1, 0.15) is 0 Å². The molecule has 0 aliphatic carbocycles. The lowest BCUT2D eigenvalue weighted by atomic mass is 9.98. The molecular weight excluding hydrogens is 206 g/mol. The third kappa shape index (κ3) is 1.46. The fraction of sp³-hybridized carbons (Fsp3) is 0.182. The topological polar surface area (TPSA) is 65.3 Å². The van der Waals surface area contributed by atoms with Crippen molar-refractivity contribution >= 4 is 23.9 Å². The smallest absolute Gasteiger partial charge is 0.208 e. The number of hydrazone groups is 1. The molecule has 0 bridgehead atoms. The molecular formula is C11H11N3O2. The van der Waals surface area contributed by atoms with Gasteiger partial charge in [-0.05, 0) is 19.1 Å². The number of carbonyl (C=O) groups is 1. The largest absolute Gasteiger partial charge is 0.411 e. The van der Waals surface area contributed by atoms with Crippen molar-refractivity contribution in [2.24, 2.45) is 10.3 Å². The van der Waals surface area contributed by atoms with Gasteiger partial charge in [0.25, 0.3) is 0 Å². The maximum absolute atomic E-state index is 11.7. The molecule has 1 atom stereocenters. The number of carbonyl (C=O) groups excluding carboxylic acids is 1. The van der Waals surface area contributed by atoms with Gasteiger partial charge in [-0.3, -0.25) is 4.79 Å². The summed E-state index contributed by atoms with van der Waals surface area (Å²) in [6.07, 6.45) is 2.41. The van der Waals surface area contributed by atoms with Crippen molar-refractivity contribution in [1.29, 1.82) is 0 Å². The number of rotatable bonds is 2. The number of hydrogen-bond acceptors (Lipinski definition) is 5. The van der Waals surface area contributed by atoms with Crippen LogP contribution in [0.25, 0.3) is 0 Å². The molecule has 1 aliphatic heterocycles. The molecule has 1 aromatic rings. The van der Waals surface area contributed by atoms with Crippen LogP contribution in [0.2, 0.25) is 0 Å². The molecule has 1 aromatic carbocycles. The first kappa shape index (κ1) is 10.4. The van der Waals surface area contributed by atoms with Gasteiger partial charge < -0.3 is 5.21 Å². The first-order chi connectivity index (χ1) is 7.68. The van der Waals surface area contributed by atoms with Crippen LogP contribution in [0.5, 0.6) is 0 Å². The SMILES string of the molecule is CC1(/C=N/O)C(=O)C=NN1c1ccccc1. The number of benzene rings is 1. The highest BCUT2D eigenvalue weighted by molar-refractivity contribution is 6.39. The van der Waals surface area contributed by atoms with Crippen LogP contribution in [-0.2, 0) is 4.79 Å². The minimum Gasteiger partial charge on any atom is -0.411 e. The molecule has 2 rings (SSSR count). The number of ketones is 1. The molecule has 16 heavy (non-hydrogen) atoms. The molecule has 1 N–H and O–H groups in total. The van der Waals surface area contributed by atoms with E-state index >= 15 is 0 Å². The van der Waals surface area contributed by atoms with Crippen molar-refractivity contribution in [2.75, 3.05) is 5.01 Å². The lowest BCUT2D eigenvalue weighted by Crippen LogP contribution is -2.47. The fourth-order valence-corrected chi connectivity index (χ4v) is 1.60. The quantitative estimate of drug-likeness (QED) is 0.461. The molecule has 1 unspecified atom stereocenters. The molecule has 1 heterocycles. The predicted octanol–water partition coefficient (Wildman–Crippen LogP) is 1.28. The summed E-state index contributed by atoms with van der Waals surface area (Å²) in [5.74, 6) is -0.214. The summed E-state index contributed by atoms with van der Waals surface area (Å²) in [7, 11) is 0. The van der Waals surface area contributed by atoms with Gasteiger partial charge in [-0.2, -0.15) is 5.10 Å². The van der Waals surface area contributed by atoms with E-state index in [2.05, 4.69) is 10.3 Å². The van der Waals surface area contributed by atoms with Gasteiger partial charge >= 0.3 is 0 Å². The van der Waals surface area contributed by atoms with Gasteiger partial charge in [0.05, 0.1) is 18.1 Å². The zero-order chi connectivity index (χ0) is 11.6. The molecule has 0 fully saturated rings. The van der Waals surface area contributed by atoms with E-state index in [1.165, 1.54) is 17.4 Å². The minimum absolute atomic E-state index is 0.214. The van der Waals surface area contributed by atoms with E-state index in [4.69, 9.17) is 5.21 Å². The summed E-state index contributed by atoms with van der Waals surface area (Å²) in [6, 6.07) is 9.25. The van der Waals surface area contributed by atoms with Gasteiger partial charge in [-0.25, -0.2) is 5.01 Å². The zero-order valence-electron chi connectivity index (χ0n) is 8.74. The van der Waals surface area contributed by atoms with E-state index in [1.54, 1.807) is 6.92 Å². The first-order valence-electron chi connectivity index (χ1n) is 4.81. The Morgan fingerprint density at radius 1 is 1.44 bits per heavy atom. The van der Waals surface area contributed by atoms with Gasteiger partial charge in [0.15, 0.2) is 5.54 Å². The number of oxime groups is 1. The van der Waals surface area contributed by atoms with Gasteiger partial charge in [-0.1, -0.05) is 23.4 Å². The summed E-state index contributed by atoms with van der Waals surface area (Å²) in [5, 5.41) is 17.1. The van der Waals surface area contributed by atoms with Crippen molar-refractivity contribution < 1.29 is 10.0 Å². The number of nitrogens with zero attached hydrogens (tertiary/aromatic N) is 3. The van der Waals surface area contributed by atoms with E-state index < -0.39 is 5.54 Å². The van der Waals surface area contributed by atoms with Crippen molar-refractivity contribution in [3.8, 4) is 0 Å². The van der Waals surface area contributed by atoms with E-state index in [0.29, 0.717) is 0 Å². The average Bonchev–Trinajstić information content (AvgIpc) is 2.58. The highest BCUT2D eigenvalue weighted by Gasteiger charge is 2.42. The summed E-state index contributed by atoms with van der Waals surface area (Å²) in [5.41, 5.74) is -0.275. The monoisotopic (exact) mass is 217 g/mol. The lowest BCUT2D eigenvalue weighted by Gasteiger charge is -2.28. The molecule has 82 valence electrons. The molecule has 0 saturated carbocycles. The predicted molar refractivity (Wildman–Crippen MR) is 61.1 cm³/mol. The summed E-state index contributed by atoms with van der Waals surface area (Å²) in [4.78, 5) is 11.7. The van der Waals surface area contributed by atoms with E-state index in [-0.39, 0.29) is 5.78 Å². The second-order valence-electron chi connectivity index (χ2n) is 3.65. The Labute approximate surface area is 92.7 Å². The van der Waals surface area contributed by atoms with Crippen molar-refractivity contribution in [2.45, 2.75) is 12.5 Å². The van der Waals surface area contributed by atoms with Gasteiger partial charge in [-0.15, -0.1) is 0 Å². The summed E-state index contributed by atoms with van der Waals surface area (Å²) >= 11 is 0. The van der Waals surface area contributed by atoms with Crippen LogP contribution >= 0.6 is 0 Å². The van der Waals surface area contributed by atoms with Crippen LogP contribution in [0.1, 0.15) is 6.92 Å². The van der Waals surface area contributed by atoms with Crippen LogP contribution in [0.15, 0.2) is 40.6 Å². The molecule has 5 heteroatoms. The Balaban J connectivity index is 2.42. The average molecular weight is 217 g/mol. The molecule has 0 radical (unpaired) electrons. The fourth-order valence-electron chi connectivity index (χ4n) is 1.60. The lowest BCUT2D eigenvalue weighted by molar-refractivity contribution is -0.114. The minimum atomic E-state index is -1.05. The highest BCUT2D eigenvalue weighted by Crippen LogP contribution is 2.27. The zero-order valence-corrected chi connectivity index (χ0v) is 8.74. The van der Waals surface area contributed by atoms with Gasteiger partial charge in [0, 0.05) is 0 Å². The Hall–Kier alpha value is -2.17. The van der Waals surface area contributed by atoms with Crippen LogP contribution in [0, 0.1) is 0 Å². The third-order valence-corrected chi connectivity index (χ3v) is 2.54.